The van der Waals surface area contributed by atoms with Crippen LogP contribution in [0.25, 0.3) is 0 Å². The van der Waals surface area contributed by atoms with Crippen molar-refractivity contribution in [1.82, 2.24) is 0 Å². The summed E-state index contributed by atoms with van der Waals surface area (Å²) in [4.78, 5) is 0. The van der Waals surface area contributed by atoms with Gasteiger partial charge in [-0.1, -0.05) is 87.9 Å². The summed E-state index contributed by atoms with van der Waals surface area (Å²) in [5.41, 5.74) is 4.30. The summed E-state index contributed by atoms with van der Waals surface area (Å²) >= 11 is 0. The van der Waals surface area contributed by atoms with Crippen molar-refractivity contribution >= 4 is 0 Å². The number of rotatable bonds is 8. The molecule has 0 bridgehead atoms. The van der Waals surface area contributed by atoms with Gasteiger partial charge in [-0.3, -0.25) is 0 Å². The molecule has 1 aliphatic heterocycles. The molecule has 2 aliphatic carbocycles. The predicted molar refractivity (Wildman–Crippen MR) is 152 cm³/mol. The highest BCUT2D eigenvalue weighted by atomic mass is 16.6. The first-order chi connectivity index (χ1) is 18.4. The second kappa shape index (κ2) is 10.1. The summed E-state index contributed by atoms with van der Waals surface area (Å²) in [5.74, 6) is 3.09. The predicted octanol–water partition coefficient (Wildman–Crippen LogP) is 8.40. The molecule has 3 aromatic rings. The van der Waals surface area contributed by atoms with Crippen LogP contribution in [-0.4, -0.2) is 12.2 Å². The molecule has 3 fully saturated rings. The second-order valence-corrected chi connectivity index (χ2v) is 12.9. The Bertz CT molecular complexity index is 1230. The van der Waals surface area contributed by atoms with Crippen molar-refractivity contribution in [2.24, 2.45) is 22.7 Å². The van der Waals surface area contributed by atoms with Gasteiger partial charge in [0.25, 0.3) is 0 Å². The van der Waals surface area contributed by atoms with Gasteiger partial charge < -0.3 is 14.2 Å². The van der Waals surface area contributed by atoms with Crippen molar-refractivity contribution in [3.05, 3.63) is 95.6 Å². The maximum Gasteiger partial charge on any atom is 0.123 e. The van der Waals surface area contributed by atoms with Gasteiger partial charge in [0, 0.05) is 5.92 Å². The summed E-state index contributed by atoms with van der Waals surface area (Å²) in [6.07, 6.45) is 7.38. The maximum atomic E-state index is 6.48. The number of hydrogen-bond donors (Lipinski definition) is 0. The Morgan fingerprint density at radius 1 is 0.789 bits per heavy atom. The van der Waals surface area contributed by atoms with Crippen molar-refractivity contribution in [3.63, 3.8) is 0 Å². The molecule has 0 amide bonds. The molecular weight excluding hydrogens is 468 g/mol. The highest BCUT2D eigenvalue weighted by molar-refractivity contribution is 5.42. The maximum absolute atomic E-state index is 6.48. The first-order valence-corrected chi connectivity index (χ1v) is 14.5. The molecule has 3 aliphatic rings. The summed E-state index contributed by atoms with van der Waals surface area (Å²) in [6.45, 7) is 9.62. The molecule has 3 nitrogen and oxygen atoms in total. The van der Waals surface area contributed by atoms with Gasteiger partial charge in [0.2, 0.25) is 0 Å². The van der Waals surface area contributed by atoms with E-state index >= 15 is 0 Å². The molecule has 0 N–H and O–H groups in total. The lowest BCUT2D eigenvalue weighted by Gasteiger charge is -2.59. The Labute approximate surface area is 228 Å². The van der Waals surface area contributed by atoms with Crippen LogP contribution in [0.1, 0.15) is 69.6 Å². The third-order valence-corrected chi connectivity index (χ3v) is 10.0. The zero-order chi connectivity index (χ0) is 26.2. The minimum Gasteiger partial charge on any atom is -0.489 e. The van der Waals surface area contributed by atoms with Crippen LogP contribution < -0.4 is 9.47 Å². The molecule has 1 saturated heterocycles. The number of fused-ring (bicyclic) bond motifs is 1. The van der Waals surface area contributed by atoms with Gasteiger partial charge >= 0.3 is 0 Å². The van der Waals surface area contributed by atoms with Gasteiger partial charge in [-0.15, -0.1) is 0 Å². The largest absolute Gasteiger partial charge is 0.489 e. The Morgan fingerprint density at radius 2 is 1.45 bits per heavy atom. The molecule has 3 aromatic carbocycles. The van der Waals surface area contributed by atoms with E-state index in [0.29, 0.717) is 24.5 Å². The zero-order valence-electron chi connectivity index (χ0n) is 23.2. The summed E-state index contributed by atoms with van der Waals surface area (Å²) in [7, 11) is 0. The molecule has 2 saturated carbocycles. The summed E-state index contributed by atoms with van der Waals surface area (Å²) < 4.78 is 19.1. The normalized spacial score (nSPS) is 29.4. The topological polar surface area (TPSA) is 31.0 Å². The minimum absolute atomic E-state index is 0.0380. The third kappa shape index (κ3) is 4.98. The van der Waals surface area contributed by atoms with E-state index < -0.39 is 0 Å². The average molecular weight is 511 g/mol. The minimum atomic E-state index is 0.0380. The van der Waals surface area contributed by atoms with E-state index in [9.17, 15) is 0 Å². The molecule has 4 atom stereocenters. The van der Waals surface area contributed by atoms with E-state index in [0.717, 1.165) is 30.4 Å². The van der Waals surface area contributed by atoms with Crippen molar-refractivity contribution in [1.29, 1.82) is 0 Å². The molecule has 1 heterocycles. The molecule has 0 radical (unpaired) electrons. The monoisotopic (exact) mass is 510 g/mol. The van der Waals surface area contributed by atoms with Crippen LogP contribution in [0.3, 0.4) is 0 Å². The van der Waals surface area contributed by atoms with Crippen LogP contribution in [0.5, 0.6) is 11.5 Å². The Balaban J connectivity index is 1.30. The standard InChI is InChI=1S/C35H42O3/c1-33(2)18-10-19-34(3)31(33)17-20-35(25-38-35)32(34)22-28-21-29(36-23-26-11-6-4-7-12-26)15-16-30(28)37-24-27-13-8-5-9-14-27/h4-9,11-16,21,31-32H,10,17-20,22-25H2,1-3H3/t31-,32+,34-,35-/m1/s1. The smallest absolute Gasteiger partial charge is 0.123 e. The van der Waals surface area contributed by atoms with Gasteiger partial charge in [0.15, 0.2) is 0 Å². The molecule has 0 aromatic heterocycles. The third-order valence-electron chi connectivity index (χ3n) is 10.0. The van der Waals surface area contributed by atoms with Crippen LogP contribution in [0.4, 0.5) is 0 Å². The second-order valence-electron chi connectivity index (χ2n) is 12.9. The molecule has 1 spiro atoms. The Morgan fingerprint density at radius 3 is 2.11 bits per heavy atom. The van der Waals surface area contributed by atoms with Gasteiger partial charge in [-0.2, -0.15) is 0 Å². The van der Waals surface area contributed by atoms with E-state index in [4.69, 9.17) is 14.2 Å². The Kier molecular flexibility index (Phi) is 6.76. The van der Waals surface area contributed by atoms with E-state index in [1.165, 1.54) is 48.8 Å². The van der Waals surface area contributed by atoms with Crippen molar-refractivity contribution < 1.29 is 14.2 Å². The van der Waals surface area contributed by atoms with Crippen LogP contribution in [-0.2, 0) is 24.4 Å². The number of ether oxygens (including phenoxy) is 3. The lowest BCUT2D eigenvalue weighted by molar-refractivity contribution is -0.104. The fourth-order valence-electron chi connectivity index (χ4n) is 7.97. The van der Waals surface area contributed by atoms with E-state index in [1.807, 2.05) is 6.07 Å². The van der Waals surface area contributed by atoms with Crippen LogP contribution in [0.2, 0.25) is 0 Å². The lowest BCUT2D eigenvalue weighted by Crippen LogP contribution is -2.55. The van der Waals surface area contributed by atoms with Gasteiger partial charge in [-0.25, -0.2) is 0 Å². The zero-order valence-corrected chi connectivity index (χ0v) is 23.2. The Hall–Kier alpha value is -2.78. The average Bonchev–Trinajstić information content (AvgIpc) is 3.69. The van der Waals surface area contributed by atoms with E-state index in [2.05, 4.69) is 93.6 Å². The summed E-state index contributed by atoms with van der Waals surface area (Å²) in [6, 6.07) is 27.2. The van der Waals surface area contributed by atoms with Gasteiger partial charge in [0.1, 0.15) is 24.7 Å². The van der Waals surface area contributed by atoms with Gasteiger partial charge in [0.05, 0.1) is 12.2 Å². The lowest BCUT2D eigenvalue weighted by atomic mass is 9.45. The highest BCUT2D eigenvalue weighted by Crippen LogP contribution is 2.66. The molecule has 38 heavy (non-hydrogen) atoms. The quantitative estimate of drug-likeness (QED) is 0.285. The first-order valence-electron chi connectivity index (χ1n) is 14.5. The van der Waals surface area contributed by atoms with Crippen molar-refractivity contribution in [2.45, 2.75) is 78.1 Å². The summed E-state index contributed by atoms with van der Waals surface area (Å²) in [5, 5.41) is 0. The van der Waals surface area contributed by atoms with Gasteiger partial charge in [-0.05, 0) is 83.7 Å². The highest BCUT2D eigenvalue weighted by Gasteiger charge is 2.65. The van der Waals surface area contributed by atoms with Crippen LogP contribution in [0.15, 0.2) is 78.9 Å². The van der Waals surface area contributed by atoms with Crippen LogP contribution >= 0.6 is 0 Å². The SMILES string of the molecule is CC1(C)CCC[C@]2(C)[C@@H]1CC[C@@]1(CO1)[C@H]2Cc1cc(OCc2ccccc2)ccc1OCc1ccccc1. The van der Waals surface area contributed by atoms with E-state index in [-0.39, 0.29) is 11.0 Å². The molecule has 0 unspecified atom stereocenters. The van der Waals surface area contributed by atoms with E-state index in [1.54, 1.807) is 0 Å². The molecule has 3 heteroatoms. The fourth-order valence-corrected chi connectivity index (χ4v) is 7.97. The number of benzene rings is 3. The number of hydrogen-bond acceptors (Lipinski definition) is 3. The molecule has 200 valence electrons. The van der Waals surface area contributed by atoms with Crippen molar-refractivity contribution in [2.75, 3.05) is 6.61 Å². The fraction of sp³-hybridized carbons (Fsp3) is 0.486. The molecule has 6 rings (SSSR count). The molecular formula is C35H42O3. The van der Waals surface area contributed by atoms with Crippen molar-refractivity contribution in [3.8, 4) is 11.5 Å². The first kappa shape index (κ1) is 25.5. The van der Waals surface area contributed by atoms with Crippen LogP contribution in [0, 0.1) is 22.7 Å². The number of epoxide rings is 1.